The van der Waals surface area contributed by atoms with Gasteiger partial charge in [0.25, 0.3) is 0 Å². The van der Waals surface area contributed by atoms with Crippen LogP contribution in [0.5, 0.6) is 5.75 Å². The molecule has 1 heterocycles. The van der Waals surface area contributed by atoms with Gasteiger partial charge in [-0.1, -0.05) is 12.0 Å². The Morgan fingerprint density at radius 2 is 2.14 bits per heavy atom. The van der Waals surface area contributed by atoms with Crippen LogP contribution in [-0.4, -0.2) is 36.3 Å². The second kappa shape index (κ2) is 6.09. The molecule has 0 aromatic heterocycles. The second-order valence-electron chi connectivity index (χ2n) is 6.23. The van der Waals surface area contributed by atoms with Crippen molar-refractivity contribution >= 4 is 6.09 Å². The van der Waals surface area contributed by atoms with Crippen LogP contribution in [0, 0.1) is 18.3 Å². The van der Waals surface area contributed by atoms with Gasteiger partial charge in [-0.3, -0.25) is 0 Å². The first-order chi connectivity index (χ1) is 9.87. The molecule has 1 aliphatic heterocycles. The fourth-order valence-electron chi connectivity index (χ4n) is 2.04. The van der Waals surface area contributed by atoms with Crippen molar-refractivity contribution in [1.82, 2.24) is 4.90 Å². The molecule has 1 amide bonds. The Hall–Kier alpha value is -2.15. The van der Waals surface area contributed by atoms with Gasteiger partial charge >= 0.3 is 6.09 Å². The number of carbonyl (C=O) groups excluding carboxylic acids is 1. The van der Waals surface area contributed by atoms with Gasteiger partial charge in [-0.25, -0.2) is 4.79 Å². The van der Waals surface area contributed by atoms with E-state index in [9.17, 15) is 4.79 Å². The van der Waals surface area contributed by atoms with Gasteiger partial charge in [-0.15, -0.1) is 6.42 Å². The fourth-order valence-corrected chi connectivity index (χ4v) is 2.04. The van der Waals surface area contributed by atoms with Crippen LogP contribution in [0.3, 0.4) is 0 Å². The van der Waals surface area contributed by atoms with E-state index in [0.717, 1.165) is 11.3 Å². The van der Waals surface area contributed by atoms with E-state index in [-0.39, 0.29) is 6.09 Å². The van der Waals surface area contributed by atoms with Crippen molar-refractivity contribution in [1.29, 1.82) is 0 Å². The van der Waals surface area contributed by atoms with Crippen LogP contribution in [0.15, 0.2) is 24.3 Å². The van der Waals surface area contributed by atoms with Crippen LogP contribution >= 0.6 is 0 Å². The summed E-state index contributed by atoms with van der Waals surface area (Å²) in [6, 6.07) is 7.45. The monoisotopic (exact) mass is 287 g/mol. The molecule has 0 unspecified atom stereocenters. The number of amides is 1. The first kappa shape index (κ1) is 15.2. The molecule has 0 N–H and O–H groups in total. The fraction of sp³-hybridized carbons (Fsp3) is 0.471. The first-order valence-electron chi connectivity index (χ1n) is 7.05. The van der Waals surface area contributed by atoms with Crippen molar-refractivity contribution in [3.63, 3.8) is 0 Å². The number of terminal acetylenes is 1. The predicted molar refractivity (Wildman–Crippen MR) is 81.2 cm³/mol. The van der Waals surface area contributed by atoms with Crippen molar-refractivity contribution < 1.29 is 14.3 Å². The molecular weight excluding hydrogens is 266 g/mol. The standard InChI is InChI=1S/C17H21NO3/c1-5-13-7-6-8-15(9-13)20-12-14-10-18(11-14)16(19)21-17(2,3)4/h1,6-9,14H,10-12H2,2-4H3. The number of benzene rings is 1. The molecule has 21 heavy (non-hydrogen) atoms. The number of ether oxygens (including phenoxy) is 2. The van der Waals surface area contributed by atoms with Gasteiger partial charge < -0.3 is 14.4 Å². The van der Waals surface area contributed by atoms with E-state index in [0.29, 0.717) is 25.6 Å². The van der Waals surface area contributed by atoms with Gasteiger partial charge in [-0.05, 0) is 39.0 Å². The number of carbonyl (C=O) groups is 1. The van der Waals surface area contributed by atoms with Gasteiger partial charge in [0.2, 0.25) is 0 Å². The Morgan fingerprint density at radius 3 is 2.76 bits per heavy atom. The molecule has 112 valence electrons. The van der Waals surface area contributed by atoms with Gasteiger partial charge in [0.15, 0.2) is 0 Å². The number of nitrogens with zero attached hydrogens (tertiary/aromatic N) is 1. The van der Waals surface area contributed by atoms with E-state index in [1.807, 2.05) is 45.0 Å². The highest BCUT2D eigenvalue weighted by molar-refractivity contribution is 5.69. The van der Waals surface area contributed by atoms with Crippen LogP contribution < -0.4 is 4.74 Å². The zero-order chi connectivity index (χ0) is 15.5. The first-order valence-corrected chi connectivity index (χ1v) is 7.05. The molecule has 4 nitrogen and oxygen atoms in total. The lowest BCUT2D eigenvalue weighted by Gasteiger charge is -2.39. The summed E-state index contributed by atoms with van der Waals surface area (Å²) in [6.45, 7) is 7.51. The summed E-state index contributed by atoms with van der Waals surface area (Å²) in [6.07, 6.45) is 5.09. The number of hydrogen-bond donors (Lipinski definition) is 0. The number of rotatable bonds is 3. The molecule has 0 aliphatic carbocycles. The SMILES string of the molecule is C#Cc1cccc(OCC2CN(C(=O)OC(C)(C)C)C2)c1. The summed E-state index contributed by atoms with van der Waals surface area (Å²) in [4.78, 5) is 13.5. The molecule has 0 saturated carbocycles. The zero-order valence-corrected chi connectivity index (χ0v) is 12.8. The minimum absolute atomic E-state index is 0.256. The van der Waals surface area contributed by atoms with Crippen LogP contribution in [0.2, 0.25) is 0 Å². The molecule has 0 radical (unpaired) electrons. The Kier molecular flexibility index (Phi) is 4.42. The van der Waals surface area contributed by atoms with E-state index in [1.54, 1.807) is 4.90 Å². The van der Waals surface area contributed by atoms with Crippen LogP contribution in [-0.2, 0) is 4.74 Å². The summed E-state index contributed by atoms with van der Waals surface area (Å²) in [5, 5.41) is 0. The van der Waals surface area contributed by atoms with E-state index < -0.39 is 5.60 Å². The van der Waals surface area contributed by atoms with Gasteiger partial charge in [0, 0.05) is 24.6 Å². The Bertz CT molecular complexity index is 548. The van der Waals surface area contributed by atoms with Crippen molar-refractivity contribution in [2.45, 2.75) is 26.4 Å². The third-order valence-corrected chi connectivity index (χ3v) is 3.10. The predicted octanol–water partition coefficient (Wildman–Crippen LogP) is 2.91. The Morgan fingerprint density at radius 1 is 1.43 bits per heavy atom. The number of likely N-dealkylation sites (tertiary alicyclic amines) is 1. The molecule has 0 atom stereocenters. The largest absolute Gasteiger partial charge is 0.493 e. The van der Waals surface area contributed by atoms with E-state index >= 15 is 0 Å². The van der Waals surface area contributed by atoms with Crippen LogP contribution in [0.1, 0.15) is 26.3 Å². The van der Waals surface area contributed by atoms with E-state index in [1.165, 1.54) is 0 Å². The maximum absolute atomic E-state index is 11.8. The highest BCUT2D eigenvalue weighted by atomic mass is 16.6. The molecule has 1 aromatic rings. The second-order valence-corrected chi connectivity index (χ2v) is 6.23. The lowest BCUT2D eigenvalue weighted by atomic mass is 10.0. The summed E-state index contributed by atoms with van der Waals surface area (Å²) >= 11 is 0. The zero-order valence-electron chi connectivity index (χ0n) is 12.8. The third kappa shape index (κ3) is 4.42. The summed E-state index contributed by atoms with van der Waals surface area (Å²) in [7, 11) is 0. The molecule has 1 saturated heterocycles. The third-order valence-electron chi connectivity index (χ3n) is 3.10. The number of hydrogen-bond acceptors (Lipinski definition) is 3. The van der Waals surface area contributed by atoms with E-state index in [4.69, 9.17) is 15.9 Å². The average Bonchev–Trinajstić information content (AvgIpc) is 2.35. The van der Waals surface area contributed by atoms with Gasteiger partial charge in [0.1, 0.15) is 11.4 Å². The summed E-state index contributed by atoms with van der Waals surface area (Å²) in [5.74, 6) is 3.68. The molecule has 2 rings (SSSR count). The average molecular weight is 287 g/mol. The van der Waals surface area contributed by atoms with Crippen LogP contribution in [0.4, 0.5) is 4.79 Å². The summed E-state index contributed by atoms with van der Waals surface area (Å²) < 4.78 is 11.0. The topological polar surface area (TPSA) is 38.8 Å². The van der Waals surface area contributed by atoms with Crippen LogP contribution in [0.25, 0.3) is 0 Å². The Balaban J connectivity index is 1.73. The molecule has 4 heteroatoms. The molecule has 1 aromatic carbocycles. The maximum Gasteiger partial charge on any atom is 0.410 e. The quantitative estimate of drug-likeness (QED) is 0.802. The van der Waals surface area contributed by atoms with Crippen molar-refractivity contribution in [2.24, 2.45) is 5.92 Å². The van der Waals surface area contributed by atoms with E-state index in [2.05, 4.69) is 5.92 Å². The van der Waals surface area contributed by atoms with Gasteiger partial charge in [-0.2, -0.15) is 0 Å². The lowest BCUT2D eigenvalue weighted by molar-refractivity contribution is -0.00781. The molecule has 1 aliphatic rings. The van der Waals surface area contributed by atoms with Gasteiger partial charge in [0.05, 0.1) is 6.61 Å². The van der Waals surface area contributed by atoms with Crippen molar-refractivity contribution in [3.8, 4) is 18.1 Å². The molecule has 0 bridgehead atoms. The van der Waals surface area contributed by atoms with Crippen molar-refractivity contribution in [2.75, 3.05) is 19.7 Å². The normalized spacial score (nSPS) is 15.0. The Labute approximate surface area is 126 Å². The highest BCUT2D eigenvalue weighted by Gasteiger charge is 2.33. The molecule has 1 fully saturated rings. The minimum atomic E-state index is -0.450. The minimum Gasteiger partial charge on any atom is -0.493 e. The van der Waals surface area contributed by atoms with Crippen molar-refractivity contribution in [3.05, 3.63) is 29.8 Å². The lowest BCUT2D eigenvalue weighted by Crippen LogP contribution is -2.53. The summed E-state index contributed by atoms with van der Waals surface area (Å²) in [5.41, 5.74) is 0.352. The smallest absolute Gasteiger partial charge is 0.410 e. The highest BCUT2D eigenvalue weighted by Crippen LogP contribution is 2.21. The molecular formula is C17H21NO3. The maximum atomic E-state index is 11.8. The molecule has 0 spiro atoms.